The van der Waals surface area contributed by atoms with Crippen LogP contribution in [-0.2, 0) is 65.4 Å². The number of esters is 4. The standard InChI is InChI=1S/C72H140O17P2/c1-7-9-11-13-14-15-16-17-18-19-20-21-22-23-24-25-30-33-38-44-50-56-71(76)89-68(61-83-70(75)55-49-43-37-32-29-27-26-28-31-35-41-46-52-64(3)4)63-87-91(80,81)85-59-66(73)58-84-90(78,79)86-62-67(60-82-69(74)54-48-40-12-10-8-2)88-72(77)57-51-45-39-34-36-42-47-53-65(5)6/h64-68,73H,7-63H2,1-6H3,(H,78,79)(H,80,81)/t66-,67+,68+/m0/s1. The number of hydrogen-bond acceptors (Lipinski definition) is 15. The minimum Gasteiger partial charge on any atom is -0.462 e. The molecule has 0 aromatic heterocycles. The van der Waals surface area contributed by atoms with Crippen molar-refractivity contribution in [2.45, 2.75) is 387 Å². The summed E-state index contributed by atoms with van der Waals surface area (Å²) in [6.07, 6.45) is 50.7. The Morgan fingerprint density at radius 2 is 0.505 bits per heavy atom. The average molecular weight is 1340 g/mol. The molecule has 0 aliphatic carbocycles. The van der Waals surface area contributed by atoms with Crippen molar-refractivity contribution in [1.29, 1.82) is 0 Å². The first-order valence-corrected chi connectivity index (χ1v) is 40.5. The van der Waals surface area contributed by atoms with Crippen LogP contribution in [0.2, 0.25) is 0 Å². The molecule has 0 aliphatic heterocycles. The summed E-state index contributed by atoms with van der Waals surface area (Å²) in [5.41, 5.74) is 0. The first kappa shape index (κ1) is 89.1. The molecular weight excluding hydrogens is 1200 g/mol. The Balaban J connectivity index is 5.11. The van der Waals surface area contributed by atoms with Crippen molar-refractivity contribution in [2.75, 3.05) is 39.6 Å². The summed E-state index contributed by atoms with van der Waals surface area (Å²) >= 11 is 0. The van der Waals surface area contributed by atoms with Gasteiger partial charge in [-0.05, 0) is 37.5 Å². The lowest BCUT2D eigenvalue weighted by molar-refractivity contribution is -0.161. The Morgan fingerprint density at radius 1 is 0.297 bits per heavy atom. The zero-order valence-electron chi connectivity index (χ0n) is 59.1. The van der Waals surface area contributed by atoms with Crippen molar-refractivity contribution in [3.63, 3.8) is 0 Å². The van der Waals surface area contributed by atoms with Crippen molar-refractivity contribution in [1.82, 2.24) is 0 Å². The van der Waals surface area contributed by atoms with Crippen LogP contribution in [-0.4, -0.2) is 96.7 Å². The smallest absolute Gasteiger partial charge is 0.462 e. The van der Waals surface area contributed by atoms with Crippen molar-refractivity contribution in [3.05, 3.63) is 0 Å². The highest BCUT2D eigenvalue weighted by Gasteiger charge is 2.30. The second-order valence-electron chi connectivity index (χ2n) is 26.9. The highest BCUT2D eigenvalue weighted by Crippen LogP contribution is 2.45. The highest BCUT2D eigenvalue weighted by molar-refractivity contribution is 7.47. The van der Waals surface area contributed by atoms with Crippen LogP contribution in [0.5, 0.6) is 0 Å². The summed E-state index contributed by atoms with van der Waals surface area (Å²) in [6, 6.07) is 0. The molecule has 0 saturated heterocycles. The normalized spacial score (nSPS) is 14.1. The Bertz CT molecular complexity index is 1770. The van der Waals surface area contributed by atoms with Crippen LogP contribution in [0.25, 0.3) is 0 Å². The molecule has 0 aliphatic rings. The van der Waals surface area contributed by atoms with Crippen LogP contribution < -0.4 is 0 Å². The van der Waals surface area contributed by atoms with Crippen molar-refractivity contribution < 1.29 is 80.2 Å². The van der Waals surface area contributed by atoms with E-state index in [9.17, 15) is 43.2 Å². The molecule has 0 bridgehead atoms. The molecule has 2 unspecified atom stereocenters. The van der Waals surface area contributed by atoms with Gasteiger partial charge in [0.1, 0.15) is 19.3 Å². The molecule has 5 atom stereocenters. The molecule has 19 heteroatoms. The molecule has 0 saturated carbocycles. The predicted octanol–water partition coefficient (Wildman–Crippen LogP) is 20.8. The monoisotopic (exact) mass is 1340 g/mol. The molecule has 91 heavy (non-hydrogen) atoms. The third kappa shape index (κ3) is 66.5. The Morgan fingerprint density at radius 3 is 0.747 bits per heavy atom. The van der Waals surface area contributed by atoms with E-state index in [1.54, 1.807) is 0 Å². The number of unbranched alkanes of at least 4 members (excludes halogenated alkanes) is 41. The molecule has 0 radical (unpaired) electrons. The number of aliphatic hydroxyl groups excluding tert-OH is 1. The lowest BCUT2D eigenvalue weighted by Crippen LogP contribution is -2.30. The molecule has 0 fully saturated rings. The lowest BCUT2D eigenvalue weighted by atomic mass is 10.0. The van der Waals surface area contributed by atoms with E-state index in [-0.39, 0.29) is 25.7 Å². The number of phosphoric ester groups is 2. The van der Waals surface area contributed by atoms with E-state index in [0.717, 1.165) is 102 Å². The summed E-state index contributed by atoms with van der Waals surface area (Å²) in [7, 11) is -9.89. The molecule has 0 heterocycles. The first-order valence-electron chi connectivity index (χ1n) is 37.5. The van der Waals surface area contributed by atoms with Gasteiger partial charge in [-0.25, -0.2) is 9.13 Å². The van der Waals surface area contributed by atoms with Gasteiger partial charge < -0.3 is 33.8 Å². The van der Waals surface area contributed by atoms with E-state index < -0.39 is 97.5 Å². The quantitative estimate of drug-likeness (QED) is 0.0222. The van der Waals surface area contributed by atoms with Crippen LogP contribution in [0, 0.1) is 11.8 Å². The summed E-state index contributed by atoms with van der Waals surface area (Å²) in [5.74, 6) is -0.658. The summed E-state index contributed by atoms with van der Waals surface area (Å²) in [5, 5.41) is 10.6. The Kier molecular flexibility index (Phi) is 62.7. The third-order valence-corrected chi connectivity index (χ3v) is 18.6. The van der Waals surface area contributed by atoms with Gasteiger partial charge in [-0.1, -0.05) is 318 Å². The van der Waals surface area contributed by atoms with Gasteiger partial charge in [0, 0.05) is 25.7 Å². The van der Waals surface area contributed by atoms with Crippen LogP contribution in [0.4, 0.5) is 0 Å². The average Bonchev–Trinajstić information content (AvgIpc) is 3.71. The van der Waals surface area contributed by atoms with Crippen LogP contribution in [0.15, 0.2) is 0 Å². The van der Waals surface area contributed by atoms with Crippen molar-refractivity contribution >= 4 is 39.5 Å². The minimum atomic E-state index is -4.95. The van der Waals surface area contributed by atoms with Gasteiger partial charge in [0.25, 0.3) is 0 Å². The van der Waals surface area contributed by atoms with Gasteiger partial charge in [-0.3, -0.25) is 37.3 Å². The molecule has 0 aromatic carbocycles. The van der Waals surface area contributed by atoms with Crippen molar-refractivity contribution in [3.8, 4) is 0 Å². The van der Waals surface area contributed by atoms with E-state index >= 15 is 0 Å². The van der Waals surface area contributed by atoms with Crippen LogP contribution >= 0.6 is 15.6 Å². The first-order chi connectivity index (χ1) is 43.9. The molecule has 0 aromatic rings. The SMILES string of the molecule is CCCCCCCCCCCCCCCCCCCCCCCC(=O)O[C@H](COC(=O)CCCCCCCCCCCCCCC(C)C)COP(=O)(O)OC[C@@H](O)COP(=O)(O)OC[C@@H](COC(=O)CCCCCCC)OC(=O)CCCCCCCCCC(C)C. The molecule has 0 rings (SSSR count). The zero-order valence-corrected chi connectivity index (χ0v) is 60.9. The van der Waals surface area contributed by atoms with E-state index in [2.05, 4.69) is 41.5 Å². The molecule has 0 spiro atoms. The fourth-order valence-electron chi connectivity index (χ4n) is 10.9. The fourth-order valence-corrected chi connectivity index (χ4v) is 12.5. The minimum absolute atomic E-state index is 0.103. The van der Waals surface area contributed by atoms with Gasteiger partial charge in [0.05, 0.1) is 26.4 Å². The number of hydrogen-bond donors (Lipinski definition) is 3. The number of ether oxygens (including phenoxy) is 4. The topological polar surface area (TPSA) is 237 Å². The Labute approximate surface area is 556 Å². The zero-order chi connectivity index (χ0) is 67.2. The maximum atomic E-state index is 13.1. The molecule has 3 N–H and O–H groups in total. The van der Waals surface area contributed by atoms with E-state index in [4.69, 9.17) is 37.0 Å². The Hall–Kier alpha value is -1.94. The van der Waals surface area contributed by atoms with E-state index in [1.807, 2.05) is 0 Å². The van der Waals surface area contributed by atoms with Gasteiger partial charge in [-0.15, -0.1) is 0 Å². The van der Waals surface area contributed by atoms with Gasteiger partial charge in [-0.2, -0.15) is 0 Å². The van der Waals surface area contributed by atoms with Gasteiger partial charge >= 0.3 is 39.5 Å². The van der Waals surface area contributed by atoms with Crippen molar-refractivity contribution in [2.24, 2.45) is 11.8 Å². The number of aliphatic hydroxyl groups is 1. The number of rotatable bonds is 71. The summed E-state index contributed by atoms with van der Waals surface area (Å²) in [6.45, 7) is 9.41. The van der Waals surface area contributed by atoms with Crippen LogP contribution in [0.1, 0.15) is 369 Å². The molecular formula is C72H140O17P2. The summed E-state index contributed by atoms with van der Waals surface area (Å²) in [4.78, 5) is 72.3. The second kappa shape index (κ2) is 64.1. The van der Waals surface area contributed by atoms with E-state index in [1.165, 1.54) is 180 Å². The fraction of sp³-hybridized carbons (Fsp3) is 0.944. The molecule has 17 nitrogen and oxygen atoms in total. The second-order valence-corrected chi connectivity index (χ2v) is 29.8. The number of carbonyl (C=O) groups is 4. The van der Waals surface area contributed by atoms with Gasteiger partial charge in [0.2, 0.25) is 0 Å². The number of phosphoric acid groups is 2. The predicted molar refractivity (Wildman–Crippen MR) is 368 cm³/mol. The largest absolute Gasteiger partial charge is 0.472 e. The third-order valence-electron chi connectivity index (χ3n) is 16.7. The lowest BCUT2D eigenvalue weighted by Gasteiger charge is -2.21. The number of carbonyl (C=O) groups excluding carboxylic acids is 4. The van der Waals surface area contributed by atoms with Gasteiger partial charge in [0.15, 0.2) is 12.2 Å². The molecule has 0 amide bonds. The summed E-state index contributed by atoms with van der Waals surface area (Å²) < 4.78 is 68.1. The highest BCUT2D eigenvalue weighted by atomic mass is 31.2. The van der Waals surface area contributed by atoms with E-state index in [0.29, 0.717) is 31.6 Å². The maximum Gasteiger partial charge on any atom is 0.472 e. The maximum absolute atomic E-state index is 13.1. The van der Waals surface area contributed by atoms with Crippen LogP contribution in [0.3, 0.4) is 0 Å². The molecule has 540 valence electrons.